The van der Waals surface area contributed by atoms with E-state index >= 15 is 0 Å². The Morgan fingerprint density at radius 3 is 3.12 bits per heavy atom. The molecule has 0 bridgehead atoms. The Hall–Kier alpha value is -1.38. The molecule has 84 valence electrons. The summed E-state index contributed by atoms with van der Waals surface area (Å²) in [5.74, 6) is 0.140. The van der Waals surface area contributed by atoms with Crippen LogP contribution in [0.4, 0.5) is 0 Å². The van der Waals surface area contributed by atoms with Gasteiger partial charge in [-0.2, -0.15) is 5.26 Å². The summed E-state index contributed by atoms with van der Waals surface area (Å²) in [5, 5.41) is 14.9. The number of hydrogen-bond donors (Lipinski definition) is 2. The fraction of sp³-hybridized carbons (Fsp3) is 0.455. The molecule has 1 saturated heterocycles. The third-order valence-electron chi connectivity index (χ3n) is 2.60. The molecule has 1 aliphatic heterocycles. The molecule has 0 saturated carbocycles. The van der Waals surface area contributed by atoms with E-state index in [1.54, 1.807) is 0 Å². The van der Waals surface area contributed by atoms with Crippen LogP contribution in [0.5, 0.6) is 0 Å². The molecular weight excluding hydrogens is 222 g/mol. The Kier molecular flexibility index (Phi) is 3.54. The summed E-state index contributed by atoms with van der Waals surface area (Å²) in [6.45, 7) is 1.47. The van der Waals surface area contributed by atoms with Crippen molar-refractivity contribution in [2.45, 2.75) is 25.4 Å². The van der Waals surface area contributed by atoms with E-state index in [4.69, 9.17) is 5.26 Å². The molecule has 0 aliphatic carbocycles. The van der Waals surface area contributed by atoms with Gasteiger partial charge in [-0.15, -0.1) is 11.3 Å². The number of carbonyl (C=O) groups is 1. The Bertz CT molecular complexity index is 411. The van der Waals surface area contributed by atoms with Crippen LogP contribution in [0.2, 0.25) is 0 Å². The van der Waals surface area contributed by atoms with Gasteiger partial charge in [-0.3, -0.25) is 4.79 Å². The maximum Gasteiger partial charge on any atom is 0.220 e. The van der Waals surface area contributed by atoms with E-state index in [2.05, 4.69) is 16.7 Å². The number of nitrogens with one attached hydrogen (secondary N) is 2. The molecule has 2 N–H and O–H groups in total. The topological polar surface area (TPSA) is 64.9 Å². The van der Waals surface area contributed by atoms with Crippen LogP contribution in [0, 0.1) is 11.3 Å². The molecule has 1 atom stereocenters. The number of carbonyl (C=O) groups excluding carboxylic acids is 1. The first kappa shape index (κ1) is 11.1. The number of nitriles is 1. The van der Waals surface area contributed by atoms with Gasteiger partial charge in [-0.05, 0) is 18.6 Å². The van der Waals surface area contributed by atoms with Gasteiger partial charge in [0.25, 0.3) is 0 Å². The van der Waals surface area contributed by atoms with Crippen molar-refractivity contribution >= 4 is 17.2 Å². The molecule has 1 fully saturated rings. The SMILES string of the molecule is N#Cc1ccc(CNC2CCC(=O)NC2)s1. The molecule has 1 aliphatic rings. The summed E-state index contributed by atoms with van der Waals surface area (Å²) in [6, 6.07) is 6.28. The van der Waals surface area contributed by atoms with Gasteiger partial charge >= 0.3 is 0 Å². The van der Waals surface area contributed by atoms with Gasteiger partial charge in [0, 0.05) is 30.4 Å². The smallest absolute Gasteiger partial charge is 0.220 e. The molecule has 0 aromatic carbocycles. The summed E-state index contributed by atoms with van der Waals surface area (Å²) in [5.41, 5.74) is 0. The minimum absolute atomic E-state index is 0.140. The van der Waals surface area contributed by atoms with Crippen molar-refractivity contribution in [3.8, 4) is 6.07 Å². The van der Waals surface area contributed by atoms with Crippen molar-refractivity contribution < 1.29 is 4.79 Å². The number of piperidine rings is 1. The van der Waals surface area contributed by atoms with E-state index in [0.29, 0.717) is 19.0 Å². The second-order valence-electron chi connectivity index (χ2n) is 3.80. The molecule has 5 heteroatoms. The van der Waals surface area contributed by atoms with E-state index in [1.165, 1.54) is 11.3 Å². The Morgan fingerprint density at radius 1 is 1.62 bits per heavy atom. The zero-order chi connectivity index (χ0) is 11.4. The molecule has 4 nitrogen and oxygen atoms in total. The van der Waals surface area contributed by atoms with Crippen LogP contribution in [0.25, 0.3) is 0 Å². The summed E-state index contributed by atoms with van der Waals surface area (Å²) in [7, 11) is 0. The van der Waals surface area contributed by atoms with Gasteiger partial charge in [-0.25, -0.2) is 0 Å². The van der Waals surface area contributed by atoms with Gasteiger partial charge in [-0.1, -0.05) is 0 Å². The molecule has 1 amide bonds. The predicted octanol–water partition coefficient (Wildman–Crippen LogP) is 0.988. The summed E-state index contributed by atoms with van der Waals surface area (Å²) < 4.78 is 0. The van der Waals surface area contributed by atoms with Crippen molar-refractivity contribution in [2.24, 2.45) is 0 Å². The highest BCUT2D eigenvalue weighted by molar-refractivity contribution is 7.12. The molecule has 2 rings (SSSR count). The van der Waals surface area contributed by atoms with E-state index in [0.717, 1.165) is 22.7 Å². The highest BCUT2D eigenvalue weighted by atomic mass is 32.1. The third kappa shape index (κ3) is 2.81. The lowest BCUT2D eigenvalue weighted by Crippen LogP contribution is -2.45. The molecule has 2 heterocycles. The number of rotatable bonds is 3. The van der Waals surface area contributed by atoms with Crippen LogP contribution in [0.15, 0.2) is 12.1 Å². The van der Waals surface area contributed by atoms with Crippen molar-refractivity contribution in [3.63, 3.8) is 0 Å². The average Bonchev–Trinajstić information content (AvgIpc) is 2.76. The van der Waals surface area contributed by atoms with Crippen LogP contribution in [-0.2, 0) is 11.3 Å². The maximum absolute atomic E-state index is 11.0. The third-order valence-corrected chi connectivity index (χ3v) is 3.59. The van der Waals surface area contributed by atoms with Crippen molar-refractivity contribution in [1.29, 1.82) is 5.26 Å². The molecule has 0 radical (unpaired) electrons. The molecule has 1 unspecified atom stereocenters. The zero-order valence-corrected chi connectivity index (χ0v) is 9.64. The van der Waals surface area contributed by atoms with E-state index in [9.17, 15) is 4.79 Å². The number of thiophene rings is 1. The van der Waals surface area contributed by atoms with Crippen molar-refractivity contribution in [3.05, 3.63) is 21.9 Å². The van der Waals surface area contributed by atoms with Crippen molar-refractivity contribution in [1.82, 2.24) is 10.6 Å². The number of amides is 1. The van der Waals surface area contributed by atoms with E-state index < -0.39 is 0 Å². The molecule has 1 aromatic heterocycles. The fourth-order valence-electron chi connectivity index (χ4n) is 1.68. The second-order valence-corrected chi connectivity index (χ2v) is 4.97. The lowest BCUT2D eigenvalue weighted by molar-refractivity contribution is -0.122. The average molecular weight is 235 g/mol. The Morgan fingerprint density at radius 2 is 2.50 bits per heavy atom. The van der Waals surface area contributed by atoms with Gasteiger partial charge in [0.2, 0.25) is 5.91 Å². The molecule has 1 aromatic rings. The summed E-state index contributed by atoms with van der Waals surface area (Å²) in [4.78, 5) is 12.9. The van der Waals surface area contributed by atoms with Gasteiger partial charge in [0.15, 0.2) is 0 Å². The van der Waals surface area contributed by atoms with Crippen LogP contribution in [-0.4, -0.2) is 18.5 Å². The maximum atomic E-state index is 11.0. The Balaban J connectivity index is 1.79. The second kappa shape index (κ2) is 5.10. The van der Waals surface area contributed by atoms with Crippen molar-refractivity contribution in [2.75, 3.05) is 6.54 Å². The monoisotopic (exact) mass is 235 g/mol. The molecule has 16 heavy (non-hydrogen) atoms. The minimum Gasteiger partial charge on any atom is -0.355 e. The largest absolute Gasteiger partial charge is 0.355 e. The van der Waals surface area contributed by atoms with Gasteiger partial charge in [0.1, 0.15) is 10.9 Å². The molecule has 0 spiro atoms. The quantitative estimate of drug-likeness (QED) is 0.821. The lowest BCUT2D eigenvalue weighted by Gasteiger charge is -2.23. The number of hydrogen-bond acceptors (Lipinski definition) is 4. The van der Waals surface area contributed by atoms with E-state index in [1.807, 2.05) is 12.1 Å². The summed E-state index contributed by atoms with van der Waals surface area (Å²) >= 11 is 1.51. The minimum atomic E-state index is 0.140. The standard InChI is InChI=1S/C11H13N3OS/c12-5-9-2-3-10(16-9)7-13-8-1-4-11(15)14-6-8/h2-3,8,13H,1,4,6-7H2,(H,14,15). The molecular formula is C11H13N3OS. The van der Waals surface area contributed by atoms with Crippen LogP contribution >= 0.6 is 11.3 Å². The lowest BCUT2D eigenvalue weighted by atomic mass is 10.1. The predicted molar refractivity (Wildman–Crippen MR) is 61.9 cm³/mol. The fourth-order valence-corrected chi connectivity index (χ4v) is 2.44. The first-order chi connectivity index (χ1) is 7.78. The van der Waals surface area contributed by atoms with Crippen LogP contribution in [0.1, 0.15) is 22.6 Å². The highest BCUT2D eigenvalue weighted by Crippen LogP contribution is 2.15. The normalized spacial score (nSPS) is 20.2. The van der Waals surface area contributed by atoms with Crippen LogP contribution in [0.3, 0.4) is 0 Å². The van der Waals surface area contributed by atoms with Gasteiger partial charge in [0.05, 0.1) is 0 Å². The van der Waals surface area contributed by atoms with E-state index in [-0.39, 0.29) is 5.91 Å². The number of nitrogens with zero attached hydrogens (tertiary/aromatic N) is 1. The first-order valence-electron chi connectivity index (χ1n) is 5.27. The van der Waals surface area contributed by atoms with Crippen LogP contribution < -0.4 is 10.6 Å². The first-order valence-corrected chi connectivity index (χ1v) is 6.08. The summed E-state index contributed by atoms with van der Waals surface area (Å²) in [6.07, 6.45) is 1.49. The Labute approximate surface area is 98.3 Å². The zero-order valence-electron chi connectivity index (χ0n) is 8.82. The van der Waals surface area contributed by atoms with Gasteiger partial charge < -0.3 is 10.6 Å². The highest BCUT2D eigenvalue weighted by Gasteiger charge is 2.17.